The second-order valence-corrected chi connectivity index (χ2v) is 5.88. The summed E-state index contributed by atoms with van der Waals surface area (Å²) in [6, 6.07) is 3.21. The summed E-state index contributed by atoms with van der Waals surface area (Å²) in [5, 5.41) is 2.54. The molecule has 0 atom stereocenters. The van der Waals surface area contributed by atoms with E-state index in [0.717, 1.165) is 43.4 Å². The molecule has 0 heterocycles. The molecule has 0 spiro atoms. The van der Waals surface area contributed by atoms with E-state index in [2.05, 4.69) is 21.2 Å². The lowest BCUT2D eigenvalue weighted by molar-refractivity contribution is -0.137. The van der Waals surface area contributed by atoms with E-state index in [1.54, 1.807) is 0 Å². The molecule has 1 aromatic carbocycles. The van der Waals surface area contributed by atoms with Crippen LogP contribution in [0.2, 0.25) is 0 Å². The predicted molar refractivity (Wildman–Crippen MR) is 78.9 cm³/mol. The quantitative estimate of drug-likeness (QED) is 0.727. The number of hydrogen-bond donors (Lipinski definition) is 1. The van der Waals surface area contributed by atoms with Gasteiger partial charge in [-0.2, -0.15) is 13.2 Å². The average molecular weight is 362 g/mol. The first-order valence-corrected chi connectivity index (χ1v) is 7.50. The minimum absolute atomic E-state index is 0.145. The third kappa shape index (κ3) is 4.59. The molecule has 114 valence electrons. The molecule has 0 aliphatic heterocycles. The number of carbonyl (C=O) groups excluding carboxylic acids is 1. The molecular formula is C15H15BrF3NO. The third-order valence-electron chi connectivity index (χ3n) is 3.34. The molecule has 0 saturated carbocycles. The zero-order valence-electron chi connectivity index (χ0n) is 11.3. The molecule has 0 radical (unpaired) electrons. The van der Waals surface area contributed by atoms with E-state index < -0.39 is 11.7 Å². The molecule has 2 rings (SSSR count). The predicted octanol–water partition coefficient (Wildman–Crippen LogP) is 5.30. The van der Waals surface area contributed by atoms with E-state index in [1.165, 1.54) is 6.07 Å². The second-order valence-electron chi connectivity index (χ2n) is 5.03. The highest BCUT2D eigenvalue weighted by Crippen LogP contribution is 2.34. The Labute approximate surface area is 129 Å². The third-order valence-corrected chi connectivity index (χ3v) is 4.03. The molecular weight excluding hydrogens is 347 g/mol. The van der Waals surface area contributed by atoms with Crippen LogP contribution >= 0.6 is 15.9 Å². The van der Waals surface area contributed by atoms with Crippen molar-refractivity contribution in [3.05, 3.63) is 39.9 Å². The van der Waals surface area contributed by atoms with Crippen molar-refractivity contribution in [2.75, 3.05) is 5.32 Å². The minimum Gasteiger partial charge on any atom is -0.325 e. The van der Waals surface area contributed by atoms with Crippen molar-refractivity contribution in [3.8, 4) is 0 Å². The summed E-state index contributed by atoms with van der Waals surface area (Å²) >= 11 is 3.15. The molecule has 0 saturated heterocycles. The summed E-state index contributed by atoms with van der Waals surface area (Å²) in [6.07, 6.45) is 1.91. The standard InChI is InChI=1S/C15H15BrF3NO/c16-12-7-6-11(15(17,18)19)9-13(12)20-14(21)8-10-4-2-1-3-5-10/h4,6-7,9H,1-3,5,8H2,(H,20,21). The Balaban J connectivity index is 2.08. The van der Waals surface area contributed by atoms with Gasteiger partial charge in [-0.3, -0.25) is 4.79 Å². The van der Waals surface area contributed by atoms with Gasteiger partial charge >= 0.3 is 6.18 Å². The normalized spacial score (nSPS) is 15.5. The van der Waals surface area contributed by atoms with Gasteiger partial charge in [-0.05, 0) is 59.8 Å². The largest absolute Gasteiger partial charge is 0.416 e. The van der Waals surface area contributed by atoms with Crippen LogP contribution in [0.15, 0.2) is 34.3 Å². The van der Waals surface area contributed by atoms with Crippen molar-refractivity contribution in [1.29, 1.82) is 0 Å². The Morgan fingerprint density at radius 1 is 1.29 bits per heavy atom. The minimum atomic E-state index is -4.42. The zero-order valence-corrected chi connectivity index (χ0v) is 12.9. The van der Waals surface area contributed by atoms with Crippen LogP contribution in [0.25, 0.3) is 0 Å². The summed E-state index contributed by atoms with van der Waals surface area (Å²) in [6.45, 7) is 0. The van der Waals surface area contributed by atoms with Crippen LogP contribution in [0.5, 0.6) is 0 Å². The van der Waals surface area contributed by atoms with Crippen molar-refractivity contribution in [2.24, 2.45) is 0 Å². The van der Waals surface area contributed by atoms with Gasteiger partial charge in [-0.15, -0.1) is 0 Å². The number of amides is 1. The maximum atomic E-state index is 12.7. The number of carbonyl (C=O) groups is 1. The van der Waals surface area contributed by atoms with Crippen LogP contribution in [0.4, 0.5) is 18.9 Å². The van der Waals surface area contributed by atoms with Crippen molar-refractivity contribution >= 4 is 27.5 Å². The van der Waals surface area contributed by atoms with E-state index in [4.69, 9.17) is 0 Å². The first kappa shape index (κ1) is 16.1. The number of nitrogens with one attached hydrogen (secondary N) is 1. The van der Waals surface area contributed by atoms with Gasteiger partial charge in [-0.1, -0.05) is 11.6 Å². The summed E-state index contributed by atoms with van der Waals surface area (Å²) < 4.78 is 38.4. The van der Waals surface area contributed by atoms with Crippen LogP contribution in [-0.2, 0) is 11.0 Å². The molecule has 0 bridgehead atoms. The Hall–Kier alpha value is -1.30. The monoisotopic (exact) mass is 361 g/mol. The van der Waals surface area contributed by atoms with Gasteiger partial charge in [-0.25, -0.2) is 0 Å². The Bertz CT molecular complexity index is 567. The zero-order chi connectivity index (χ0) is 15.5. The Kier molecular flexibility index (Phi) is 5.08. The van der Waals surface area contributed by atoms with Gasteiger partial charge in [0, 0.05) is 10.9 Å². The van der Waals surface area contributed by atoms with Crippen LogP contribution in [0, 0.1) is 0 Å². The molecule has 6 heteroatoms. The Morgan fingerprint density at radius 3 is 2.67 bits per heavy atom. The van der Waals surface area contributed by atoms with E-state index in [9.17, 15) is 18.0 Å². The smallest absolute Gasteiger partial charge is 0.325 e. The molecule has 2 nitrogen and oxygen atoms in total. The van der Waals surface area contributed by atoms with E-state index in [1.807, 2.05) is 6.08 Å². The van der Waals surface area contributed by atoms with Gasteiger partial charge < -0.3 is 5.32 Å². The Morgan fingerprint density at radius 2 is 2.05 bits per heavy atom. The number of benzene rings is 1. The molecule has 1 aliphatic rings. The summed E-state index contributed by atoms with van der Waals surface area (Å²) in [5.74, 6) is -0.289. The number of anilines is 1. The number of hydrogen-bond acceptors (Lipinski definition) is 1. The van der Waals surface area contributed by atoms with Gasteiger partial charge in [0.25, 0.3) is 0 Å². The van der Waals surface area contributed by atoms with E-state index in [-0.39, 0.29) is 18.0 Å². The van der Waals surface area contributed by atoms with Crippen LogP contribution in [0.1, 0.15) is 37.7 Å². The fourth-order valence-electron chi connectivity index (χ4n) is 2.26. The molecule has 1 aromatic rings. The molecule has 1 amide bonds. The van der Waals surface area contributed by atoms with Gasteiger partial charge in [0.2, 0.25) is 5.91 Å². The second kappa shape index (κ2) is 6.64. The fraction of sp³-hybridized carbons (Fsp3) is 0.400. The van der Waals surface area contributed by atoms with Crippen molar-refractivity contribution in [3.63, 3.8) is 0 Å². The average Bonchev–Trinajstić information content (AvgIpc) is 2.41. The van der Waals surface area contributed by atoms with E-state index >= 15 is 0 Å². The summed E-state index contributed by atoms with van der Waals surface area (Å²) in [4.78, 5) is 11.9. The lowest BCUT2D eigenvalue weighted by Gasteiger charge is -2.14. The van der Waals surface area contributed by atoms with Crippen LogP contribution in [-0.4, -0.2) is 5.91 Å². The SMILES string of the molecule is O=C(CC1=CCCCC1)Nc1cc(C(F)(F)F)ccc1Br. The maximum Gasteiger partial charge on any atom is 0.416 e. The number of allylic oxidation sites excluding steroid dienone is 1. The highest BCUT2D eigenvalue weighted by atomic mass is 79.9. The lowest BCUT2D eigenvalue weighted by atomic mass is 9.97. The molecule has 0 aromatic heterocycles. The van der Waals surface area contributed by atoms with Crippen molar-refractivity contribution < 1.29 is 18.0 Å². The maximum absolute atomic E-state index is 12.7. The number of halogens is 4. The fourth-order valence-corrected chi connectivity index (χ4v) is 2.61. The highest BCUT2D eigenvalue weighted by molar-refractivity contribution is 9.10. The summed E-state index contributed by atoms with van der Waals surface area (Å²) in [5.41, 5.74) is 0.422. The number of alkyl halides is 3. The van der Waals surface area contributed by atoms with E-state index in [0.29, 0.717) is 4.47 Å². The molecule has 0 unspecified atom stereocenters. The number of rotatable bonds is 3. The molecule has 0 fully saturated rings. The topological polar surface area (TPSA) is 29.1 Å². The van der Waals surface area contributed by atoms with Crippen molar-refractivity contribution in [2.45, 2.75) is 38.3 Å². The van der Waals surface area contributed by atoms with Crippen molar-refractivity contribution in [1.82, 2.24) is 0 Å². The van der Waals surface area contributed by atoms with Crippen LogP contribution in [0.3, 0.4) is 0 Å². The first-order valence-electron chi connectivity index (χ1n) is 6.71. The lowest BCUT2D eigenvalue weighted by Crippen LogP contribution is -2.14. The highest BCUT2D eigenvalue weighted by Gasteiger charge is 2.31. The molecule has 21 heavy (non-hydrogen) atoms. The summed E-state index contributed by atoms with van der Waals surface area (Å²) in [7, 11) is 0. The van der Waals surface area contributed by atoms with Gasteiger partial charge in [0.15, 0.2) is 0 Å². The van der Waals surface area contributed by atoms with Crippen LogP contribution < -0.4 is 5.32 Å². The molecule has 1 aliphatic carbocycles. The first-order chi connectivity index (χ1) is 9.86. The molecule has 1 N–H and O–H groups in total. The van der Waals surface area contributed by atoms with Gasteiger partial charge in [0.05, 0.1) is 11.3 Å². The van der Waals surface area contributed by atoms with Gasteiger partial charge in [0.1, 0.15) is 0 Å².